The zero-order valence-corrected chi connectivity index (χ0v) is 18.1. The number of aryl methyl sites for hydroxylation is 2. The third-order valence-corrected chi connectivity index (χ3v) is 6.53. The van der Waals surface area contributed by atoms with E-state index in [1.165, 1.54) is 33.8 Å². The molecule has 0 fully saturated rings. The molecule has 8 heteroatoms. The van der Waals surface area contributed by atoms with E-state index in [1.54, 1.807) is 12.1 Å². The van der Waals surface area contributed by atoms with Gasteiger partial charge in [0.15, 0.2) is 5.13 Å². The number of anilines is 1. The molecule has 140 valence electrons. The Morgan fingerprint density at radius 3 is 2.48 bits per heavy atom. The van der Waals surface area contributed by atoms with Crippen molar-refractivity contribution in [3.05, 3.63) is 66.8 Å². The number of aromatic nitrogens is 1. The summed E-state index contributed by atoms with van der Waals surface area (Å²) in [5.41, 5.74) is 3.34. The van der Waals surface area contributed by atoms with Crippen molar-refractivity contribution in [2.24, 2.45) is 0 Å². The minimum atomic E-state index is -0.297. The van der Waals surface area contributed by atoms with Crippen molar-refractivity contribution in [1.82, 2.24) is 10.3 Å². The minimum absolute atomic E-state index is 0.0969. The second-order valence-electron chi connectivity index (χ2n) is 6.02. The van der Waals surface area contributed by atoms with Crippen LogP contribution in [0.3, 0.4) is 0 Å². The van der Waals surface area contributed by atoms with Crippen LogP contribution >= 0.6 is 38.6 Å². The lowest BCUT2D eigenvalue weighted by Crippen LogP contribution is -2.32. The fourth-order valence-electron chi connectivity index (χ4n) is 2.38. The molecule has 27 heavy (non-hydrogen) atoms. The number of carbonyl (C=O) groups is 2. The summed E-state index contributed by atoms with van der Waals surface area (Å²) in [4.78, 5) is 30.2. The van der Waals surface area contributed by atoms with Crippen LogP contribution < -0.4 is 10.6 Å². The maximum absolute atomic E-state index is 12.1. The Hall–Kier alpha value is -2.03. The molecular formula is C19H18BrN3O2S2. The summed E-state index contributed by atoms with van der Waals surface area (Å²) in [6.07, 6.45) is 0.781. The first kappa shape index (κ1) is 19.7. The SMILES string of the molecule is Cc1ccc(Cc2sc(NC(=O)CNC(=O)c3ccc(Br)s3)nc2C)cc1. The van der Waals surface area contributed by atoms with Crippen LogP contribution in [0.4, 0.5) is 5.13 Å². The lowest BCUT2D eigenvalue weighted by atomic mass is 10.1. The number of rotatable bonds is 6. The number of halogens is 1. The van der Waals surface area contributed by atoms with Crippen LogP contribution in [0.15, 0.2) is 40.2 Å². The molecule has 0 radical (unpaired) electrons. The minimum Gasteiger partial charge on any atom is -0.342 e. The lowest BCUT2D eigenvalue weighted by molar-refractivity contribution is -0.115. The predicted octanol–water partition coefficient (Wildman–Crippen LogP) is 4.54. The largest absolute Gasteiger partial charge is 0.342 e. The number of carbonyl (C=O) groups excluding carboxylic acids is 2. The summed E-state index contributed by atoms with van der Waals surface area (Å²) >= 11 is 6.10. The molecule has 0 atom stereocenters. The fourth-order valence-corrected chi connectivity index (χ4v) is 4.70. The van der Waals surface area contributed by atoms with Gasteiger partial charge in [-0.2, -0.15) is 0 Å². The molecule has 5 nitrogen and oxygen atoms in total. The number of thiophene rings is 1. The first-order chi connectivity index (χ1) is 12.9. The molecule has 0 saturated carbocycles. The van der Waals surface area contributed by atoms with Crippen molar-refractivity contribution in [3.63, 3.8) is 0 Å². The van der Waals surface area contributed by atoms with Gasteiger partial charge in [-0.3, -0.25) is 9.59 Å². The number of hydrogen-bond acceptors (Lipinski definition) is 5. The zero-order valence-electron chi connectivity index (χ0n) is 14.8. The van der Waals surface area contributed by atoms with E-state index in [1.807, 2.05) is 6.92 Å². The van der Waals surface area contributed by atoms with Crippen molar-refractivity contribution in [2.45, 2.75) is 20.3 Å². The highest BCUT2D eigenvalue weighted by molar-refractivity contribution is 9.11. The van der Waals surface area contributed by atoms with Crippen molar-refractivity contribution in [3.8, 4) is 0 Å². The zero-order chi connectivity index (χ0) is 19.4. The number of thiazole rings is 1. The van der Waals surface area contributed by atoms with Crippen molar-refractivity contribution in [1.29, 1.82) is 0 Å². The Kier molecular flexibility index (Phi) is 6.41. The van der Waals surface area contributed by atoms with Gasteiger partial charge in [-0.05, 0) is 47.5 Å². The van der Waals surface area contributed by atoms with E-state index in [0.717, 1.165) is 20.8 Å². The first-order valence-corrected chi connectivity index (χ1v) is 10.7. The molecule has 0 unspecified atom stereocenters. The normalized spacial score (nSPS) is 10.6. The fraction of sp³-hybridized carbons (Fsp3) is 0.211. The number of amides is 2. The topological polar surface area (TPSA) is 71.1 Å². The van der Waals surface area contributed by atoms with Crippen LogP contribution in [0.5, 0.6) is 0 Å². The summed E-state index contributed by atoms with van der Waals surface area (Å²) in [5, 5.41) is 5.92. The van der Waals surface area contributed by atoms with Crippen LogP contribution in [-0.4, -0.2) is 23.3 Å². The van der Waals surface area contributed by atoms with Gasteiger partial charge in [0, 0.05) is 11.3 Å². The Morgan fingerprint density at radius 1 is 1.07 bits per heavy atom. The molecule has 2 amide bonds. The van der Waals surface area contributed by atoms with Crippen LogP contribution in [0.25, 0.3) is 0 Å². The highest BCUT2D eigenvalue weighted by atomic mass is 79.9. The average Bonchev–Trinajstić information content (AvgIpc) is 3.21. The molecule has 0 bridgehead atoms. The van der Waals surface area contributed by atoms with Gasteiger partial charge in [0.2, 0.25) is 5.91 Å². The maximum atomic E-state index is 12.1. The molecule has 0 aliphatic carbocycles. The second-order valence-corrected chi connectivity index (χ2v) is 9.57. The summed E-state index contributed by atoms with van der Waals surface area (Å²) < 4.78 is 0.872. The van der Waals surface area contributed by atoms with Crippen LogP contribution in [0.2, 0.25) is 0 Å². The van der Waals surface area contributed by atoms with E-state index in [9.17, 15) is 9.59 Å². The monoisotopic (exact) mass is 463 g/mol. The Balaban J connectivity index is 1.55. The van der Waals surface area contributed by atoms with Gasteiger partial charge in [-0.25, -0.2) is 4.98 Å². The van der Waals surface area contributed by atoms with Gasteiger partial charge >= 0.3 is 0 Å². The molecule has 0 saturated heterocycles. The summed E-state index contributed by atoms with van der Waals surface area (Å²) in [5.74, 6) is -0.564. The first-order valence-electron chi connectivity index (χ1n) is 8.26. The van der Waals surface area contributed by atoms with Gasteiger partial charge in [-0.15, -0.1) is 22.7 Å². The van der Waals surface area contributed by atoms with E-state index in [4.69, 9.17) is 0 Å². The molecule has 3 aromatic rings. The summed E-state index contributed by atoms with van der Waals surface area (Å²) in [6.45, 7) is 3.90. The molecular weight excluding hydrogens is 446 g/mol. The quantitative estimate of drug-likeness (QED) is 0.563. The molecule has 2 heterocycles. The molecule has 2 N–H and O–H groups in total. The Bertz CT molecular complexity index is 964. The van der Waals surface area contributed by atoms with E-state index in [0.29, 0.717) is 10.0 Å². The molecule has 0 spiro atoms. The molecule has 2 aromatic heterocycles. The molecule has 3 rings (SSSR count). The van der Waals surface area contributed by atoms with Gasteiger partial charge in [-0.1, -0.05) is 29.8 Å². The predicted molar refractivity (Wildman–Crippen MR) is 114 cm³/mol. The van der Waals surface area contributed by atoms with Crippen LogP contribution in [-0.2, 0) is 11.2 Å². The second kappa shape index (κ2) is 8.77. The number of nitrogens with one attached hydrogen (secondary N) is 2. The van der Waals surface area contributed by atoms with Gasteiger partial charge < -0.3 is 10.6 Å². The van der Waals surface area contributed by atoms with Crippen molar-refractivity contribution < 1.29 is 9.59 Å². The van der Waals surface area contributed by atoms with Gasteiger partial charge in [0.05, 0.1) is 20.9 Å². The number of hydrogen-bond donors (Lipinski definition) is 2. The average molecular weight is 464 g/mol. The smallest absolute Gasteiger partial charge is 0.261 e. The molecule has 0 aliphatic rings. The van der Waals surface area contributed by atoms with E-state index in [2.05, 4.69) is 62.7 Å². The Morgan fingerprint density at radius 2 is 1.81 bits per heavy atom. The summed E-state index contributed by atoms with van der Waals surface area (Å²) in [6, 6.07) is 11.9. The standard InChI is InChI=1S/C19H18BrN3O2S2/c1-11-3-5-13(6-4-11)9-15-12(2)22-19(27-15)23-17(24)10-21-18(25)14-7-8-16(20)26-14/h3-8H,9-10H2,1-2H3,(H,21,25)(H,22,23,24). The van der Waals surface area contributed by atoms with E-state index < -0.39 is 0 Å². The third kappa shape index (κ3) is 5.47. The maximum Gasteiger partial charge on any atom is 0.261 e. The highest BCUT2D eigenvalue weighted by Crippen LogP contribution is 2.25. The lowest BCUT2D eigenvalue weighted by Gasteiger charge is -2.03. The van der Waals surface area contributed by atoms with Gasteiger partial charge in [0.25, 0.3) is 5.91 Å². The van der Waals surface area contributed by atoms with E-state index >= 15 is 0 Å². The number of nitrogens with zero attached hydrogens (tertiary/aromatic N) is 1. The molecule has 0 aliphatic heterocycles. The summed E-state index contributed by atoms with van der Waals surface area (Å²) in [7, 11) is 0. The van der Waals surface area contributed by atoms with Gasteiger partial charge in [0.1, 0.15) is 0 Å². The van der Waals surface area contributed by atoms with Crippen molar-refractivity contribution >= 4 is 55.5 Å². The van der Waals surface area contributed by atoms with E-state index in [-0.39, 0.29) is 18.4 Å². The van der Waals surface area contributed by atoms with Crippen LogP contribution in [0.1, 0.15) is 31.4 Å². The Labute approximate surface area is 174 Å². The van der Waals surface area contributed by atoms with Crippen molar-refractivity contribution in [2.75, 3.05) is 11.9 Å². The highest BCUT2D eigenvalue weighted by Gasteiger charge is 2.13. The third-order valence-electron chi connectivity index (χ3n) is 3.83. The van der Waals surface area contributed by atoms with Crippen LogP contribution in [0, 0.1) is 13.8 Å². The number of benzene rings is 1. The molecule has 1 aromatic carbocycles.